The fraction of sp³-hybridized carbons (Fsp3) is 0.562. The number of benzene rings is 1. The molecule has 1 aromatic rings. The molecule has 7 heteroatoms. The zero-order valence-electron chi connectivity index (χ0n) is 14.0. The Morgan fingerprint density at radius 3 is 2.61 bits per heavy atom. The lowest BCUT2D eigenvalue weighted by Gasteiger charge is -2.29. The molecule has 0 radical (unpaired) electrons. The molecule has 1 heterocycles. The number of rotatable bonds is 6. The molecule has 7 nitrogen and oxygen atoms in total. The van der Waals surface area contributed by atoms with E-state index in [1.165, 1.54) is 4.90 Å². The summed E-state index contributed by atoms with van der Waals surface area (Å²) in [6, 6.07) is 3.87. The number of carbonyl (C=O) groups excluding carboxylic acids is 1. The smallest absolute Gasteiger partial charge is 0.242 e. The van der Waals surface area contributed by atoms with Crippen LogP contribution in [0.2, 0.25) is 0 Å². The molecule has 1 aliphatic rings. The predicted molar refractivity (Wildman–Crippen MR) is 85.6 cm³/mol. The van der Waals surface area contributed by atoms with Crippen molar-refractivity contribution < 1.29 is 23.9 Å². The standard InChI is InChI=1S/C16H25N3O4/c1-21-13-7-6-11(14(22-2)15(13)23-3)9-19-8-4-5-12(10-19)16(20)18-17/h6-7,12H,4-5,8-10,17H2,1-3H3,(H,18,20)/p+1/t12-/m0/s1. The van der Waals surface area contributed by atoms with E-state index in [-0.39, 0.29) is 11.8 Å². The van der Waals surface area contributed by atoms with Gasteiger partial charge < -0.3 is 19.1 Å². The SMILES string of the molecule is COc1ccc(C[NH+]2CCC[C@H](C(=O)NN)C2)c(OC)c1OC. The first-order valence-corrected chi connectivity index (χ1v) is 7.76. The van der Waals surface area contributed by atoms with Gasteiger partial charge in [0.2, 0.25) is 11.7 Å². The van der Waals surface area contributed by atoms with Gasteiger partial charge in [0.05, 0.1) is 45.9 Å². The lowest BCUT2D eigenvalue weighted by Crippen LogP contribution is -3.12. The summed E-state index contributed by atoms with van der Waals surface area (Å²) >= 11 is 0. The van der Waals surface area contributed by atoms with Crippen LogP contribution in [0.4, 0.5) is 0 Å². The van der Waals surface area contributed by atoms with Crippen LogP contribution in [0, 0.1) is 5.92 Å². The second-order valence-electron chi connectivity index (χ2n) is 5.72. The number of piperidine rings is 1. The monoisotopic (exact) mass is 324 g/mol. The highest BCUT2D eigenvalue weighted by atomic mass is 16.5. The third-order valence-electron chi connectivity index (χ3n) is 4.36. The molecule has 1 aliphatic heterocycles. The molecule has 0 aromatic heterocycles. The van der Waals surface area contributed by atoms with Crippen molar-refractivity contribution >= 4 is 5.91 Å². The summed E-state index contributed by atoms with van der Waals surface area (Å²) in [4.78, 5) is 13.1. The maximum atomic E-state index is 11.8. The van der Waals surface area contributed by atoms with E-state index in [0.29, 0.717) is 17.2 Å². The average molecular weight is 324 g/mol. The first kappa shape index (κ1) is 17.4. The highest BCUT2D eigenvalue weighted by Crippen LogP contribution is 2.39. The molecule has 1 unspecified atom stereocenters. The molecular weight excluding hydrogens is 298 g/mol. The zero-order valence-corrected chi connectivity index (χ0v) is 14.0. The van der Waals surface area contributed by atoms with Crippen LogP contribution in [0.25, 0.3) is 0 Å². The Hall–Kier alpha value is -1.99. The van der Waals surface area contributed by atoms with E-state index in [1.807, 2.05) is 12.1 Å². The summed E-state index contributed by atoms with van der Waals surface area (Å²) in [6.07, 6.45) is 1.89. The van der Waals surface area contributed by atoms with Crippen molar-refractivity contribution in [2.75, 3.05) is 34.4 Å². The van der Waals surface area contributed by atoms with Gasteiger partial charge >= 0.3 is 0 Å². The molecule has 0 spiro atoms. The van der Waals surface area contributed by atoms with Gasteiger partial charge in [-0.25, -0.2) is 5.84 Å². The van der Waals surface area contributed by atoms with Gasteiger partial charge in [0.15, 0.2) is 11.5 Å². The van der Waals surface area contributed by atoms with Crippen molar-refractivity contribution in [2.45, 2.75) is 19.4 Å². The third-order valence-corrected chi connectivity index (χ3v) is 4.36. The Balaban J connectivity index is 2.17. The summed E-state index contributed by atoms with van der Waals surface area (Å²) < 4.78 is 16.3. The van der Waals surface area contributed by atoms with E-state index in [0.717, 1.165) is 38.0 Å². The van der Waals surface area contributed by atoms with Gasteiger partial charge in [-0.15, -0.1) is 0 Å². The number of hydrazine groups is 1. The van der Waals surface area contributed by atoms with Gasteiger partial charge in [-0.3, -0.25) is 10.2 Å². The fourth-order valence-electron chi connectivity index (χ4n) is 3.22. The third kappa shape index (κ3) is 3.86. The molecule has 0 saturated carbocycles. The molecule has 1 amide bonds. The number of carbonyl (C=O) groups is 1. The van der Waals surface area contributed by atoms with E-state index in [2.05, 4.69) is 5.43 Å². The molecule has 23 heavy (non-hydrogen) atoms. The molecule has 1 fully saturated rings. The number of methoxy groups -OCH3 is 3. The van der Waals surface area contributed by atoms with E-state index in [9.17, 15) is 4.79 Å². The Morgan fingerprint density at radius 1 is 1.26 bits per heavy atom. The lowest BCUT2D eigenvalue weighted by molar-refractivity contribution is -0.921. The summed E-state index contributed by atoms with van der Waals surface area (Å²) in [6.45, 7) is 2.55. The summed E-state index contributed by atoms with van der Waals surface area (Å²) in [5.74, 6) is 7.07. The quantitative estimate of drug-likeness (QED) is 0.373. The van der Waals surface area contributed by atoms with Gasteiger partial charge in [0.25, 0.3) is 0 Å². The van der Waals surface area contributed by atoms with E-state index < -0.39 is 0 Å². The topological polar surface area (TPSA) is 87.3 Å². The Kier molecular flexibility index (Phi) is 6.06. The summed E-state index contributed by atoms with van der Waals surface area (Å²) in [5.41, 5.74) is 3.30. The summed E-state index contributed by atoms with van der Waals surface area (Å²) in [5, 5.41) is 0. The number of hydrogen-bond acceptors (Lipinski definition) is 5. The minimum absolute atomic E-state index is 0.0325. The highest BCUT2D eigenvalue weighted by molar-refractivity contribution is 5.78. The molecule has 0 aliphatic carbocycles. The predicted octanol–water partition coefficient (Wildman–Crippen LogP) is -0.503. The Bertz CT molecular complexity index is 550. The van der Waals surface area contributed by atoms with Gasteiger partial charge in [0.1, 0.15) is 6.54 Å². The van der Waals surface area contributed by atoms with Crippen LogP contribution in [-0.4, -0.2) is 40.3 Å². The van der Waals surface area contributed by atoms with E-state index in [1.54, 1.807) is 21.3 Å². The Morgan fingerprint density at radius 2 is 2.00 bits per heavy atom. The number of quaternary nitrogens is 1. The normalized spacial score (nSPS) is 20.7. The molecule has 1 aromatic carbocycles. The van der Waals surface area contributed by atoms with Crippen LogP contribution in [-0.2, 0) is 11.3 Å². The lowest BCUT2D eigenvalue weighted by atomic mass is 9.97. The minimum Gasteiger partial charge on any atom is -0.493 e. The number of amides is 1. The van der Waals surface area contributed by atoms with E-state index in [4.69, 9.17) is 20.1 Å². The van der Waals surface area contributed by atoms with Crippen molar-refractivity contribution in [1.82, 2.24) is 5.43 Å². The largest absolute Gasteiger partial charge is 0.493 e. The first-order chi connectivity index (χ1) is 11.1. The number of ether oxygens (including phenoxy) is 3. The maximum absolute atomic E-state index is 11.8. The molecule has 2 rings (SSSR count). The number of likely N-dealkylation sites (tertiary alicyclic amines) is 1. The van der Waals surface area contributed by atoms with Crippen molar-refractivity contribution in [3.8, 4) is 17.2 Å². The molecule has 0 bridgehead atoms. The van der Waals surface area contributed by atoms with Crippen LogP contribution in [0.1, 0.15) is 18.4 Å². The molecule has 128 valence electrons. The van der Waals surface area contributed by atoms with E-state index >= 15 is 0 Å². The van der Waals surface area contributed by atoms with Gasteiger partial charge in [0, 0.05) is 0 Å². The van der Waals surface area contributed by atoms with Crippen LogP contribution in [0.15, 0.2) is 12.1 Å². The van der Waals surface area contributed by atoms with Crippen molar-refractivity contribution in [3.63, 3.8) is 0 Å². The first-order valence-electron chi connectivity index (χ1n) is 7.76. The summed E-state index contributed by atoms with van der Waals surface area (Å²) in [7, 11) is 4.82. The fourth-order valence-corrected chi connectivity index (χ4v) is 3.22. The van der Waals surface area contributed by atoms with Crippen molar-refractivity contribution in [1.29, 1.82) is 0 Å². The average Bonchev–Trinajstić information content (AvgIpc) is 2.60. The van der Waals surface area contributed by atoms with Gasteiger partial charge in [-0.1, -0.05) is 0 Å². The molecular formula is C16H26N3O4+. The van der Waals surface area contributed by atoms with Gasteiger partial charge in [-0.05, 0) is 25.0 Å². The van der Waals surface area contributed by atoms with Crippen LogP contribution in [0.3, 0.4) is 0 Å². The number of nitrogens with one attached hydrogen (secondary N) is 2. The van der Waals surface area contributed by atoms with Crippen molar-refractivity contribution in [2.24, 2.45) is 11.8 Å². The molecule has 4 N–H and O–H groups in total. The zero-order chi connectivity index (χ0) is 16.8. The Labute approximate surface area is 136 Å². The molecule has 1 saturated heterocycles. The van der Waals surface area contributed by atoms with Gasteiger partial charge in [-0.2, -0.15) is 0 Å². The second-order valence-corrected chi connectivity index (χ2v) is 5.72. The van der Waals surface area contributed by atoms with Crippen LogP contribution in [0.5, 0.6) is 17.2 Å². The number of nitrogens with two attached hydrogens (primary N) is 1. The highest BCUT2D eigenvalue weighted by Gasteiger charge is 2.29. The van der Waals surface area contributed by atoms with Crippen LogP contribution < -0.4 is 30.4 Å². The van der Waals surface area contributed by atoms with Crippen LogP contribution >= 0.6 is 0 Å². The minimum atomic E-state index is -0.0820. The maximum Gasteiger partial charge on any atom is 0.242 e. The number of hydrogen-bond donors (Lipinski definition) is 3. The second kappa shape index (κ2) is 8.03. The van der Waals surface area contributed by atoms with Crippen molar-refractivity contribution in [3.05, 3.63) is 17.7 Å². The molecule has 2 atom stereocenters.